The maximum Gasteiger partial charge on any atom is 0.217 e. The molecule has 6 aromatic rings. The minimum absolute atomic E-state index is 0. The minimum atomic E-state index is 0. The van der Waals surface area contributed by atoms with Crippen LogP contribution in [0.3, 0.4) is 0 Å². The maximum atomic E-state index is 10.4. The fourth-order valence-corrected chi connectivity index (χ4v) is 4.53. The first-order valence-electron chi connectivity index (χ1n) is 11.3. The number of pyridine rings is 2. The quantitative estimate of drug-likeness (QED) is 0.214. The van der Waals surface area contributed by atoms with E-state index in [4.69, 9.17) is 4.74 Å². The Morgan fingerprint density at radius 2 is 1.80 bits per heavy atom. The number of ether oxygens (including phenoxy) is 1. The summed E-state index contributed by atoms with van der Waals surface area (Å²) in [5.74, 6) is 1.95. The molecule has 0 aliphatic heterocycles. The number of aromatic nitrogens is 3. The van der Waals surface area contributed by atoms with Crippen molar-refractivity contribution in [1.29, 1.82) is 0 Å². The van der Waals surface area contributed by atoms with E-state index in [9.17, 15) is 5.11 Å². The molecule has 3 aromatic carbocycles. The summed E-state index contributed by atoms with van der Waals surface area (Å²) in [6.07, 6.45) is 2.71. The summed E-state index contributed by atoms with van der Waals surface area (Å²) in [4.78, 5) is 9.17. The number of phenolic OH excluding ortho intramolecular Hbond substituents is 1. The van der Waals surface area contributed by atoms with Gasteiger partial charge in [0.05, 0.1) is 0 Å². The van der Waals surface area contributed by atoms with Crippen molar-refractivity contribution in [2.75, 3.05) is 0 Å². The average molecular weight is 640 g/mol. The number of fused-ring (bicyclic) bond motifs is 4. The van der Waals surface area contributed by atoms with Crippen LogP contribution in [0.15, 0.2) is 79.0 Å². The number of hydrogen-bond acceptors (Lipinski definition) is 4. The molecule has 1 N–H and O–H groups in total. The fraction of sp³-hybridized carbons (Fsp3) is 0.103. The molecule has 0 saturated carbocycles. The summed E-state index contributed by atoms with van der Waals surface area (Å²) in [6, 6.07) is 27.2. The summed E-state index contributed by atoms with van der Waals surface area (Å²) >= 11 is 0. The molecule has 176 valence electrons. The summed E-state index contributed by atoms with van der Waals surface area (Å²) in [5, 5.41) is 13.6. The fourth-order valence-electron chi connectivity index (χ4n) is 4.53. The van der Waals surface area contributed by atoms with Crippen LogP contribution in [0.4, 0.5) is 0 Å². The second kappa shape index (κ2) is 9.16. The molecule has 3 heterocycles. The molecule has 0 unspecified atom stereocenters. The second-order valence-corrected chi connectivity index (χ2v) is 8.33. The first-order chi connectivity index (χ1) is 16.6. The van der Waals surface area contributed by atoms with E-state index in [1.165, 1.54) is 5.56 Å². The van der Waals surface area contributed by atoms with E-state index >= 15 is 0 Å². The third kappa shape index (κ3) is 3.86. The minimum Gasteiger partial charge on any atom is -0.505 e. The number of hydrogen-bond donors (Lipinski definition) is 1. The molecule has 0 radical (unpaired) electrons. The van der Waals surface area contributed by atoms with Gasteiger partial charge in [0.15, 0.2) is 0 Å². The SMILES string of the molecule is CCc1cccc2c3ccc(Oc4ccc5ccc(C)c(O)c5n4)[c-]c3n(-c3ccccn3)c12.[Pt]. The Morgan fingerprint density at radius 1 is 0.943 bits per heavy atom. The molecule has 6 rings (SSSR count). The van der Waals surface area contributed by atoms with Crippen LogP contribution in [0.1, 0.15) is 18.1 Å². The van der Waals surface area contributed by atoms with E-state index < -0.39 is 0 Å². The Morgan fingerprint density at radius 3 is 2.60 bits per heavy atom. The number of phenols is 1. The van der Waals surface area contributed by atoms with E-state index in [1.54, 1.807) is 12.3 Å². The second-order valence-electron chi connectivity index (χ2n) is 8.33. The normalized spacial score (nSPS) is 11.1. The number of nitrogens with zero attached hydrogens (tertiary/aromatic N) is 3. The maximum absolute atomic E-state index is 10.4. The molecular formula is C29H22N3O2Pt-. The average Bonchev–Trinajstić information content (AvgIpc) is 3.21. The molecule has 0 atom stereocenters. The summed E-state index contributed by atoms with van der Waals surface area (Å²) in [5.41, 5.74) is 4.57. The van der Waals surface area contributed by atoms with Crippen LogP contribution in [-0.2, 0) is 27.5 Å². The van der Waals surface area contributed by atoms with Gasteiger partial charge >= 0.3 is 0 Å². The van der Waals surface area contributed by atoms with E-state index in [2.05, 4.69) is 51.8 Å². The van der Waals surface area contributed by atoms with Crippen LogP contribution in [0.5, 0.6) is 17.4 Å². The number of para-hydroxylation sites is 1. The molecule has 5 nitrogen and oxygen atoms in total. The van der Waals surface area contributed by atoms with Crippen molar-refractivity contribution in [2.45, 2.75) is 20.3 Å². The Kier molecular flexibility index (Phi) is 6.04. The van der Waals surface area contributed by atoms with Crippen LogP contribution < -0.4 is 4.74 Å². The Labute approximate surface area is 217 Å². The molecular weight excluding hydrogens is 617 g/mol. The summed E-state index contributed by atoms with van der Waals surface area (Å²) in [7, 11) is 0. The monoisotopic (exact) mass is 639 g/mol. The Balaban J connectivity index is 0.00000253. The van der Waals surface area contributed by atoms with Crippen LogP contribution in [-0.4, -0.2) is 19.6 Å². The van der Waals surface area contributed by atoms with Gasteiger partial charge in [0, 0.05) is 50.0 Å². The molecule has 0 bridgehead atoms. The molecule has 6 heteroatoms. The zero-order valence-electron chi connectivity index (χ0n) is 19.2. The standard InChI is InChI=1S/C29H22N3O2.Pt/c1-3-19-7-6-8-23-22-14-13-21(17-24(22)32(28(19)23)25-9-4-5-16-30-25)34-26-15-12-20-11-10-18(2)29(33)27(20)31-26;/h4-16,33H,3H2,1-2H3;/q-1;. The van der Waals surface area contributed by atoms with E-state index in [0.29, 0.717) is 17.1 Å². The molecule has 3 aromatic heterocycles. The van der Waals surface area contributed by atoms with Crippen molar-refractivity contribution in [2.24, 2.45) is 0 Å². The molecule has 0 saturated heterocycles. The Hall–Kier alpha value is -3.69. The number of aromatic hydroxyl groups is 1. The molecule has 0 aliphatic carbocycles. The van der Waals surface area contributed by atoms with Gasteiger partial charge in [0.2, 0.25) is 5.88 Å². The number of benzene rings is 3. The van der Waals surface area contributed by atoms with Gasteiger partial charge in [0.25, 0.3) is 0 Å². The van der Waals surface area contributed by atoms with Crippen LogP contribution in [0.2, 0.25) is 0 Å². The van der Waals surface area contributed by atoms with Crippen LogP contribution >= 0.6 is 0 Å². The number of aryl methyl sites for hydroxylation is 2. The predicted molar refractivity (Wildman–Crippen MR) is 135 cm³/mol. The van der Waals surface area contributed by atoms with Crippen molar-refractivity contribution < 1.29 is 30.9 Å². The van der Waals surface area contributed by atoms with E-state index in [-0.39, 0.29) is 26.8 Å². The van der Waals surface area contributed by atoms with Gasteiger partial charge in [-0.3, -0.25) is 0 Å². The van der Waals surface area contributed by atoms with Gasteiger partial charge < -0.3 is 14.4 Å². The smallest absolute Gasteiger partial charge is 0.217 e. The third-order valence-electron chi connectivity index (χ3n) is 6.24. The van der Waals surface area contributed by atoms with Gasteiger partial charge in [-0.15, -0.1) is 17.5 Å². The predicted octanol–water partition coefficient (Wildman–Crippen LogP) is 6.89. The summed E-state index contributed by atoms with van der Waals surface area (Å²) < 4.78 is 8.27. The van der Waals surface area contributed by atoms with E-state index in [0.717, 1.165) is 45.0 Å². The molecule has 0 amide bonds. The van der Waals surface area contributed by atoms with Gasteiger partial charge in [-0.2, -0.15) is 6.07 Å². The molecule has 0 spiro atoms. The van der Waals surface area contributed by atoms with Crippen molar-refractivity contribution in [3.8, 4) is 23.2 Å². The van der Waals surface area contributed by atoms with Crippen molar-refractivity contribution in [3.63, 3.8) is 0 Å². The van der Waals surface area contributed by atoms with Crippen LogP contribution in [0.25, 0.3) is 38.5 Å². The van der Waals surface area contributed by atoms with E-state index in [1.807, 2.05) is 49.4 Å². The van der Waals surface area contributed by atoms with Gasteiger partial charge in [-0.25, -0.2) is 9.97 Å². The van der Waals surface area contributed by atoms with Crippen molar-refractivity contribution in [1.82, 2.24) is 14.5 Å². The first-order valence-corrected chi connectivity index (χ1v) is 11.3. The largest absolute Gasteiger partial charge is 0.505 e. The van der Waals surface area contributed by atoms with Gasteiger partial charge in [-0.05, 0) is 48.1 Å². The zero-order chi connectivity index (χ0) is 23.2. The number of rotatable bonds is 4. The van der Waals surface area contributed by atoms with Crippen molar-refractivity contribution >= 4 is 32.7 Å². The van der Waals surface area contributed by atoms with Gasteiger partial charge in [0.1, 0.15) is 17.1 Å². The summed E-state index contributed by atoms with van der Waals surface area (Å²) in [6.45, 7) is 4.02. The Bertz CT molecular complexity index is 1690. The topological polar surface area (TPSA) is 60.2 Å². The molecule has 35 heavy (non-hydrogen) atoms. The molecule has 0 fully saturated rings. The third-order valence-corrected chi connectivity index (χ3v) is 6.24. The van der Waals surface area contributed by atoms with Crippen molar-refractivity contribution in [3.05, 3.63) is 96.2 Å². The molecule has 0 aliphatic rings. The van der Waals surface area contributed by atoms with Crippen LogP contribution in [0, 0.1) is 13.0 Å². The van der Waals surface area contributed by atoms with Gasteiger partial charge in [-0.1, -0.05) is 48.8 Å². The zero-order valence-corrected chi connectivity index (χ0v) is 21.5. The first kappa shape index (κ1) is 23.1.